The van der Waals surface area contributed by atoms with Gasteiger partial charge in [0.2, 0.25) is 0 Å². The molecule has 0 saturated heterocycles. The van der Waals surface area contributed by atoms with Gasteiger partial charge in [0.25, 0.3) is 0 Å². The van der Waals surface area contributed by atoms with Crippen LogP contribution in [0.3, 0.4) is 0 Å². The van der Waals surface area contributed by atoms with Crippen LogP contribution in [0, 0.1) is 0 Å². The molecule has 11 heavy (non-hydrogen) atoms. The molecule has 0 aromatic carbocycles. The van der Waals surface area contributed by atoms with E-state index < -0.39 is 0 Å². The second kappa shape index (κ2) is 22.5. The van der Waals surface area contributed by atoms with Crippen LogP contribution >= 0.6 is 0 Å². The van der Waals surface area contributed by atoms with E-state index in [2.05, 4.69) is 27.7 Å². The predicted octanol–water partition coefficient (Wildman–Crippen LogP) is 3.13. The van der Waals surface area contributed by atoms with Gasteiger partial charge in [-0.05, 0) is 0 Å². The molecule has 0 N–H and O–H groups in total. The Morgan fingerprint density at radius 2 is 0.818 bits per heavy atom. The largest absolute Gasteiger partial charge is 2.00 e. The Labute approximate surface area is 92.4 Å². The van der Waals surface area contributed by atoms with Crippen molar-refractivity contribution in [2.45, 2.75) is 48.8 Å². The van der Waals surface area contributed by atoms with Gasteiger partial charge in [0.1, 0.15) is 0 Å². The standard InChI is InChI=1S/4C2H5.2Al.S/c4*1-2;;;/h4*1H2,2H3;;;/q;;;;2*+1;-2. The van der Waals surface area contributed by atoms with Gasteiger partial charge in [0, 0.05) is 0 Å². The normalized spacial score (nSPS) is 6.18. The minimum atomic E-state index is 0. The Hall–Kier alpha value is 1.41. The Kier molecular flexibility index (Phi) is 37.4. The summed E-state index contributed by atoms with van der Waals surface area (Å²) in [7, 11) is 0. The molecular formula is C8H20Al2S. The predicted molar refractivity (Wildman–Crippen MR) is 60.8 cm³/mol. The van der Waals surface area contributed by atoms with Crippen molar-refractivity contribution in [3.63, 3.8) is 0 Å². The molecule has 0 aromatic heterocycles. The molecule has 0 aromatic rings. The number of hydrogen-bond acceptors (Lipinski definition) is 0. The van der Waals surface area contributed by atoms with Gasteiger partial charge >= 0.3 is 79.3 Å². The molecule has 0 rings (SSSR count). The zero-order valence-corrected chi connectivity index (χ0v) is 11.5. The molecule has 0 nitrogen and oxygen atoms in total. The fraction of sp³-hybridized carbons (Fsp3) is 1.00. The van der Waals surface area contributed by atoms with Gasteiger partial charge in [-0.25, -0.2) is 0 Å². The second-order valence-electron chi connectivity index (χ2n) is 2.21. The van der Waals surface area contributed by atoms with E-state index in [9.17, 15) is 0 Å². The number of hydrogen-bond donors (Lipinski definition) is 0. The zero-order valence-electron chi connectivity index (χ0n) is 8.39. The Morgan fingerprint density at radius 1 is 0.636 bits per heavy atom. The summed E-state index contributed by atoms with van der Waals surface area (Å²) in [6.45, 7) is 9.00. The topological polar surface area (TPSA) is 0 Å². The summed E-state index contributed by atoms with van der Waals surface area (Å²) >= 11 is 1.63. The van der Waals surface area contributed by atoms with Crippen LogP contribution in [0.5, 0.6) is 0 Å². The molecule has 3 heteroatoms. The van der Waals surface area contributed by atoms with Crippen molar-refractivity contribution in [1.82, 2.24) is 0 Å². The molecule has 0 aliphatic rings. The molecule has 0 heterocycles. The summed E-state index contributed by atoms with van der Waals surface area (Å²) in [6.07, 6.45) is 0. The van der Waals surface area contributed by atoms with Gasteiger partial charge in [0.15, 0.2) is 0 Å². The maximum absolute atomic E-state index is 2.25. The fourth-order valence-electron chi connectivity index (χ4n) is 0.577. The molecule has 0 fully saturated rings. The monoisotopic (exact) mass is 202 g/mol. The van der Waals surface area contributed by atoms with Crippen LogP contribution in [0.2, 0.25) is 21.1 Å². The van der Waals surface area contributed by atoms with Gasteiger partial charge in [-0.3, -0.25) is 0 Å². The van der Waals surface area contributed by atoms with Crippen molar-refractivity contribution in [1.29, 1.82) is 0 Å². The third-order valence-electron chi connectivity index (χ3n) is 1.15. The van der Waals surface area contributed by atoms with E-state index in [-0.39, 0.29) is 13.5 Å². The minimum absolute atomic E-state index is 0. The van der Waals surface area contributed by atoms with Crippen LogP contribution in [-0.2, 0) is 13.5 Å². The van der Waals surface area contributed by atoms with E-state index in [1.165, 1.54) is 21.1 Å². The van der Waals surface area contributed by atoms with Crippen LogP contribution in [0.15, 0.2) is 0 Å². The van der Waals surface area contributed by atoms with E-state index in [1.54, 1.807) is 0 Å². The summed E-state index contributed by atoms with van der Waals surface area (Å²) in [4.78, 5) is 0. The van der Waals surface area contributed by atoms with Crippen molar-refractivity contribution in [3.05, 3.63) is 0 Å². The molecule has 0 amide bonds. The van der Waals surface area contributed by atoms with Gasteiger partial charge in [0.05, 0.1) is 0 Å². The van der Waals surface area contributed by atoms with Gasteiger partial charge in [-0.1, -0.05) is 0 Å². The van der Waals surface area contributed by atoms with Crippen LogP contribution in [0.1, 0.15) is 27.7 Å². The molecule has 0 atom stereocenters. The van der Waals surface area contributed by atoms with Crippen LogP contribution in [0.4, 0.5) is 0 Å². The van der Waals surface area contributed by atoms with Crippen molar-refractivity contribution in [2.75, 3.05) is 0 Å². The molecule has 0 radical (unpaired) electrons. The first-order valence-corrected chi connectivity index (χ1v) is 7.73. The van der Waals surface area contributed by atoms with Crippen LogP contribution < -0.4 is 0 Å². The second-order valence-corrected chi connectivity index (χ2v) is 6.63. The molecule has 0 aliphatic heterocycles. The quantitative estimate of drug-likeness (QED) is 0.614. The number of rotatable bonds is 4. The van der Waals surface area contributed by atoms with Crippen molar-refractivity contribution in [2.24, 2.45) is 0 Å². The first-order valence-electron chi connectivity index (χ1n) is 4.46. The van der Waals surface area contributed by atoms with Crippen LogP contribution in [-0.4, -0.2) is 30.4 Å². The maximum Gasteiger partial charge on any atom is -2.00 e. The molecule has 0 bridgehead atoms. The van der Waals surface area contributed by atoms with Crippen molar-refractivity contribution in [3.8, 4) is 0 Å². The van der Waals surface area contributed by atoms with E-state index in [0.29, 0.717) is 0 Å². The molecule has 0 saturated carbocycles. The Balaban J connectivity index is -0.000000107. The zero-order chi connectivity index (χ0) is 8.24. The summed E-state index contributed by atoms with van der Waals surface area (Å²) in [5.41, 5.74) is 0. The average Bonchev–Trinajstić information content (AvgIpc) is 1.93. The average molecular weight is 202 g/mol. The van der Waals surface area contributed by atoms with Crippen LogP contribution in [0.25, 0.3) is 0 Å². The van der Waals surface area contributed by atoms with E-state index >= 15 is 0 Å². The summed E-state index contributed by atoms with van der Waals surface area (Å²) < 4.78 is 0. The third kappa shape index (κ3) is 34.5. The van der Waals surface area contributed by atoms with Crippen molar-refractivity contribution < 1.29 is 0 Å². The molecule has 0 spiro atoms. The Morgan fingerprint density at radius 3 is 0.818 bits per heavy atom. The SMILES string of the molecule is C[CH2][Al+][CH2]C.C[CH2][Al+][CH2]C.[S-2]. The summed E-state index contributed by atoms with van der Waals surface area (Å²) in [5.74, 6) is 0. The van der Waals surface area contributed by atoms with Gasteiger partial charge < -0.3 is 13.5 Å². The minimum Gasteiger partial charge on any atom is -2.00 e. The molecule has 0 aliphatic carbocycles. The summed E-state index contributed by atoms with van der Waals surface area (Å²) in [5, 5.41) is 5.71. The first kappa shape index (κ1) is 18.2. The Bertz CT molecular complexity index is 33.1. The molecule has 0 unspecified atom stereocenters. The van der Waals surface area contributed by atoms with E-state index in [0.717, 1.165) is 30.4 Å². The van der Waals surface area contributed by atoms with Gasteiger partial charge in [-0.2, -0.15) is 0 Å². The fourth-order valence-corrected chi connectivity index (χ4v) is 1.73. The molecular weight excluding hydrogens is 182 g/mol. The van der Waals surface area contributed by atoms with Gasteiger partial charge in [-0.15, -0.1) is 0 Å². The maximum atomic E-state index is 2.25. The first-order chi connectivity index (χ1) is 4.83. The smallest absolute Gasteiger partial charge is 2.00 e. The van der Waals surface area contributed by atoms with Crippen molar-refractivity contribution >= 4 is 43.9 Å². The summed E-state index contributed by atoms with van der Waals surface area (Å²) in [6, 6.07) is 0. The van der Waals surface area contributed by atoms with E-state index in [1.807, 2.05) is 0 Å². The molecule has 64 valence electrons. The third-order valence-corrected chi connectivity index (χ3v) is 3.46. The van der Waals surface area contributed by atoms with E-state index in [4.69, 9.17) is 0 Å².